The molecule has 0 aromatic heterocycles. The molecular formula is C18H26N2O. The molecule has 1 heterocycles. The summed E-state index contributed by atoms with van der Waals surface area (Å²) in [6, 6.07) is 5.08. The Morgan fingerprint density at radius 2 is 1.62 bits per heavy atom. The topological polar surface area (TPSA) is 23.6 Å². The molecule has 1 aromatic rings. The second-order valence-electron chi connectivity index (χ2n) is 6.74. The van der Waals surface area contributed by atoms with E-state index in [-0.39, 0.29) is 5.78 Å². The molecule has 21 heavy (non-hydrogen) atoms. The minimum atomic E-state index is 0.282. The summed E-state index contributed by atoms with van der Waals surface area (Å²) >= 11 is 0. The van der Waals surface area contributed by atoms with Gasteiger partial charge in [0.25, 0.3) is 0 Å². The van der Waals surface area contributed by atoms with Crippen LogP contribution in [0.3, 0.4) is 0 Å². The van der Waals surface area contributed by atoms with Gasteiger partial charge in [0.05, 0.1) is 6.54 Å². The molecule has 2 aliphatic rings. The Bertz CT molecular complexity index is 517. The van der Waals surface area contributed by atoms with Crippen LogP contribution in [0.5, 0.6) is 0 Å². The Labute approximate surface area is 127 Å². The third-order valence-electron chi connectivity index (χ3n) is 4.79. The van der Waals surface area contributed by atoms with Crippen molar-refractivity contribution in [2.75, 3.05) is 32.7 Å². The van der Waals surface area contributed by atoms with Crippen molar-refractivity contribution in [1.82, 2.24) is 9.80 Å². The van der Waals surface area contributed by atoms with E-state index in [9.17, 15) is 4.79 Å². The molecule has 1 saturated heterocycles. The summed E-state index contributed by atoms with van der Waals surface area (Å²) < 4.78 is 0. The predicted octanol–water partition coefficient (Wildman–Crippen LogP) is 2.57. The number of piperazine rings is 1. The molecule has 0 unspecified atom stereocenters. The zero-order valence-electron chi connectivity index (χ0n) is 13.5. The molecule has 0 N–H and O–H groups in total. The van der Waals surface area contributed by atoms with Gasteiger partial charge in [-0.15, -0.1) is 0 Å². The van der Waals surface area contributed by atoms with Crippen LogP contribution in [0.4, 0.5) is 0 Å². The van der Waals surface area contributed by atoms with E-state index in [0.29, 0.717) is 6.54 Å². The van der Waals surface area contributed by atoms with E-state index in [4.69, 9.17) is 0 Å². The van der Waals surface area contributed by atoms with Gasteiger partial charge < -0.3 is 0 Å². The van der Waals surface area contributed by atoms with Gasteiger partial charge in [0, 0.05) is 37.8 Å². The molecule has 0 radical (unpaired) electrons. The number of ketones is 1. The van der Waals surface area contributed by atoms with Crippen LogP contribution in [0.2, 0.25) is 0 Å². The molecule has 0 spiro atoms. The van der Waals surface area contributed by atoms with Crippen molar-refractivity contribution in [3.05, 3.63) is 34.4 Å². The maximum Gasteiger partial charge on any atom is 0.177 e. The van der Waals surface area contributed by atoms with Crippen LogP contribution < -0.4 is 0 Å². The zero-order chi connectivity index (χ0) is 15.0. The van der Waals surface area contributed by atoms with Crippen molar-refractivity contribution in [1.29, 1.82) is 0 Å². The lowest BCUT2D eigenvalue weighted by molar-refractivity contribution is 0.0842. The van der Waals surface area contributed by atoms with Crippen LogP contribution in [0.15, 0.2) is 12.1 Å². The third-order valence-corrected chi connectivity index (χ3v) is 4.79. The Kier molecular flexibility index (Phi) is 4.14. The van der Waals surface area contributed by atoms with Crippen molar-refractivity contribution in [2.45, 2.75) is 39.7 Å². The molecule has 0 bridgehead atoms. The van der Waals surface area contributed by atoms with E-state index >= 15 is 0 Å². The zero-order valence-corrected chi connectivity index (χ0v) is 13.5. The Balaban J connectivity index is 1.61. The number of carbonyl (C=O) groups is 1. The first-order chi connectivity index (χ1) is 10.0. The fourth-order valence-electron chi connectivity index (χ4n) is 3.63. The highest BCUT2D eigenvalue weighted by molar-refractivity contribution is 6.00. The molecule has 1 aliphatic heterocycles. The van der Waals surface area contributed by atoms with E-state index in [2.05, 4.69) is 42.7 Å². The standard InChI is InChI=1S/C18H26N2O/c1-13-10-14(2)18(15(3)11-13)17(21)12-19-6-8-20(9-7-19)16-4-5-16/h10-11,16H,4-9,12H2,1-3H3. The second kappa shape index (κ2) is 5.90. The van der Waals surface area contributed by atoms with Gasteiger partial charge >= 0.3 is 0 Å². The van der Waals surface area contributed by atoms with E-state index < -0.39 is 0 Å². The largest absolute Gasteiger partial charge is 0.298 e. The van der Waals surface area contributed by atoms with Crippen molar-refractivity contribution in [2.24, 2.45) is 0 Å². The van der Waals surface area contributed by atoms with Gasteiger partial charge in [0.15, 0.2) is 5.78 Å². The number of hydrogen-bond donors (Lipinski definition) is 0. The molecule has 2 fully saturated rings. The van der Waals surface area contributed by atoms with E-state index in [1.807, 2.05) is 0 Å². The molecule has 0 atom stereocenters. The van der Waals surface area contributed by atoms with E-state index in [1.165, 1.54) is 18.4 Å². The van der Waals surface area contributed by atoms with Gasteiger partial charge in [-0.25, -0.2) is 0 Å². The first-order valence-corrected chi connectivity index (χ1v) is 8.12. The lowest BCUT2D eigenvalue weighted by atomic mass is 9.96. The Morgan fingerprint density at radius 1 is 1.05 bits per heavy atom. The minimum Gasteiger partial charge on any atom is -0.298 e. The lowest BCUT2D eigenvalue weighted by Crippen LogP contribution is -2.48. The third kappa shape index (κ3) is 3.35. The first-order valence-electron chi connectivity index (χ1n) is 8.12. The van der Waals surface area contributed by atoms with Crippen molar-refractivity contribution >= 4 is 5.78 Å². The molecule has 3 nitrogen and oxygen atoms in total. The Hall–Kier alpha value is -1.19. The van der Waals surface area contributed by atoms with Crippen LogP contribution in [-0.4, -0.2) is 54.3 Å². The van der Waals surface area contributed by atoms with Gasteiger partial charge in [0.1, 0.15) is 0 Å². The summed E-state index contributed by atoms with van der Waals surface area (Å²) in [5.74, 6) is 0.282. The normalized spacial score (nSPS) is 20.7. The van der Waals surface area contributed by atoms with E-state index in [1.54, 1.807) is 0 Å². The van der Waals surface area contributed by atoms with Gasteiger partial charge in [-0.1, -0.05) is 17.7 Å². The molecule has 0 amide bonds. The molecule has 1 aliphatic carbocycles. The quantitative estimate of drug-likeness (QED) is 0.795. The summed E-state index contributed by atoms with van der Waals surface area (Å²) in [4.78, 5) is 17.5. The molecule has 3 rings (SSSR count). The molecule has 114 valence electrons. The number of benzene rings is 1. The molecule has 1 saturated carbocycles. The molecule has 1 aromatic carbocycles. The average molecular weight is 286 g/mol. The number of aryl methyl sites for hydroxylation is 3. The second-order valence-corrected chi connectivity index (χ2v) is 6.74. The predicted molar refractivity (Wildman–Crippen MR) is 86.0 cm³/mol. The number of rotatable bonds is 4. The van der Waals surface area contributed by atoms with Crippen LogP contribution in [-0.2, 0) is 0 Å². The highest BCUT2D eigenvalue weighted by atomic mass is 16.1. The number of nitrogens with zero attached hydrogens (tertiary/aromatic N) is 2. The van der Waals surface area contributed by atoms with Crippen molar-refractivity contribution < 1.29 is 4.79 Å². The summed E-state index contributed by atoms with van der Waals surface area (Å²) in [7, 11) is 0. The highest BCUT2D eigenvalue weighted by Gasteiger charge is 2.31. The fraction of sp³-hybridized carbons (Fsp3) is 0.611. The number of carbonyl (C=O) groups excluding carboxylic acids is 1. The van der Waals surface area contributed by atoms with Crippen LogP contribution in [0, 0.1) is 20.8 Å². The highest BCUT2D eigenvalue weighted by Crippen LogP contribution is 2.27. The monoisotopic (exact) mass is 286 g/mol. The minimum absolute atomic E-state index is 0.282. The summed E-state index contributed by atoms with van der Waals surface area (Å²) in [5, 5.41) is 0. The number of Topliss-reactive ketones (excluding diaryl/α,β-unsaturated/α-hetero) is 1. The van der Waals surface area contributed by atoms with Crippen LogP contribution in [0.1, 0.15) is 39.9 Å². The average Bonchev–Trinajstić information content (AvgIpc) is 3.22. The summed E-state index contributed by atoms with van der Waals surface area (Å²) in [6.07, 6.45) is 2.75. The first kappa shape index (κ1) is 14.7. The van der Waals surface area contributed by atoms with Gasteiger partial charge in [-0.3, -0.25) is 14.6 Å². The maximum absolute atomic E-state index is 12.6. The summed E-state index contributed by atoms with van der Waals surface area (Å²) in [5.41, 5.74) is 4.41. The van der Waals surface area contributed by atoms with Crippen molar-refractivity contribution in [3.63, 3.8) is 0 Å². The lowest BCUT2D eigenvalue weighted by Gasteiger charge is -2.34. The molecular weight excluding hydrogens is 260 g/mol. The van der Waals surface area contributed by atoms with Gasteiger partial charge in [0.2, 0.25) is 0 Å². The fourth-order valence-corrected chi connectivity index (χ4v) is 3.63. The Morgan fingerprint density at radius 3 is 2.14 bits per heavy atom. The van der Waals surface area contributed by atoms with Crippen molar-refractivity contribution in [3.8, 4) is 0 Å². The van der Waals surface area contributed by atoms with Gasteiger partial charge in [-0.2, -0.15) is 0 Å². The van der Waals surface area contributed by atoms with Gasteiger partial charge in [-0.05, 0) is 44.7 Å². The van der Waals surface area contributed by atoms with E-state index in [0.717, 1.165) is 48.9 Å². The van der Waals surface area contributed by atoms with Crippen LogP contribution >= 0.6 is 0 Å². The van der Waals surface area contributed by atoms with Crippen LogP contribution in [0.25, 0.3) is 0 Å². The molecule has 3 heteroatoms. The number of hydrogen-bond acceptors (Lipinski definition) is 3. The maximum atomic E-state index is 12.6. The SMILES string of the molecule is Cc1cc(C)c(C(=O)CN2CCN(C3CC3)CC2)c(C)c1. The smallest absolute Gasteiger partial charge is 0.177 e. The summed E-state index contributed by atoms with van der Waals surface area (Å²) in [6.45, 7) is 11.1.